The maximum atomic E-state index is 9.86. The van der Waals surface area contributed by atoms with Crippen LogP contribution in [0.4, 0.5) is 0 Å². The van der Waals surface area contributed by atoms with Crippen LogP contribution in [0, 0.1) is 5.41 Å². The van der Waals surface area contributed by atoms with E-state index >= 15 is 0 Å². The second kappa shape index (κ2) is 3.67. The molecule has 1 heterocycles. The highest BCUT2D eigenvalue weighted by Gasteiger charge is 2.22. The number of hydrogen-bond acceptors (Lipinski definition) is 1. The Kier molecular flexibility index (Phi) is 2.63. The Morgan fingerprint density at radius 2 is 2.20 bits per heavy atom. The van der Waals surface area contributed by atoms with Crippen LogP contribution in [0.25, 0.3) is 0 Å². The van der Waals surface area contributed by atoms with Crippen molar-refractivity contribution in [1.29, 1.82) is 0 Å². The van der Waals surface area contributed by atoms with E-state index in [2.05, 4.69) is 37.6 Å². The summed E-state index contributed by atoms with van der Waals surface area (Å²) in [6.45, 7) is 7.78. The van der Waals surface area contributed by atoms with E-state index in [0.717, 1.165) is 31.4 Å². The average Bonchev–Trinajstić information content (AvgIpc) is 2.48. The molecule has 1 aliphatic rings. The molecule has 2 rings (SSSR count). The van der Waals surface area contributed by atoms with Gasteiger partial charge in [-0.3, -0.25) is 0 Å². The fraction of sp³-hybridized carbons (Fsp3) is 0.692. The van der Waals surface area contributed by atoms with Crippen LogP contribution >= 0.6 is 0 Å². The van der Waals surface area contributed by atoms with Crippen molar-refractivity contribution in [2.24, 2.45) is 5.41 Å². The molecular weight excluding hydrogens is 186 g/mol. The lowest BCUT2D eigenvalue weighted by molar-refractivity contribution is 0.155. The molecule has 0 saturated heterocycles. The fourth-order valence-electron chi connectivity index (χ4n) is 2.39. The molecule has 2 nitrogen and oxygen atoms in total. The second-order valence-electron chi connectivity index (χ2n) is 5.81. The zero-order valence-electron chi connectivity index (χ0n) is 9.95. The quantitative estimate of drug-likeness (QED) is 0.752. The van der Waals surface area contributed by atoms with Gasteiger partial charge < -0.3 is 9.67 Å². The molecule has 0 aliphatic heterocycles. The van der Waals surface area contributed by atoms with Crippen LogP contribution in [-0.2, 0) is 13.0 Å². The van der Waals surface area contributed by atoms with Gasteiger partial charge in [0.05, 0.1) is 6.10 Å². The van der Waals surface area contributed by atoms with E-state index in [4.69, 9.17) is 0 Å². The molecule has 15 heavy (non-hydrogen) atoms. The molecule has 0 aromatic carbocycles. The van der Waals surface area contributed by atoms with E-state index in [1.807, 2.05) is 0 Å². The third-order valence-electron chi connectivity index (χ3n) is 3.01. The molecule has 1 N–H and O–H groups in total. The van der Waals surface area contributed by atoms with Gasteiger partial charge in [0.15, 0.2) is 0 Å². The first-order valence-electron chi connectivity index (χ1n) is 5.83. The van der Waals surface area contributed by atoms with E-state index in [-0.39, 0.29) is 6.10 Å². The summed E-state index contributed by atoms with van der Waals surface area (Å²) in [4.78, 5) is 0. The Morgan fingerprint density at radius 3 is 2.87 bits per heavy atom. The van der Waals surface area contributed by atoms with Crippen LogP contribution in [0.5, 0.6) is 0 Å². The Morgan fingerprint density at radius 1 is 1.47 bits per heavy atom. The van der Waals surface area contributed by atoms with Gasteiger partial charge in [0.25, 0.3) is 0 Å². The molecule has 1 unspecified atom stereocenters. The number of aromatic nitrogens is 1. The first kappa shape index (κ1) is 10.7. The normalized spacial score (nSPS) is 21.5. The van der Waals surface area contributed by atoms with Gasteiger partial charge in [0, 0.05) is 24.0 Å². The highest BCUT2D eigenvalue weighted by Crippen LogP contribution is 2.31. The minimum absolute atomic E-state index is 0.227. The lowest BCUT2D eigenvalue weighted by Gasteiger charge is -2.24. The number of aliphatic hydroxyl groups is 1. The Bertz CT molecular complexity index is 346. The zero-order chi connectivity index (χ0) is 11.1. The highest BCUT2D eigenvalue weighted by atomic mass is 16.3. The molecule has 1 atom stereocenters. The Hall–Kier alpha value is -0.760. The summed E-state index contributed by atoms with van der Waals surface area (Å²) in [5.41, 5.74) is 2.81. The summed E-state index contributed by atoms with van der Waals surface area (Å²) in [5.74, 6) is 0. The summed E-state index contributed by atoms with van der Waals surface area (Å²) in [6, 6.07) is 2.09. The fourth-order valence-corrected chi connectivity index (χ4v) is 2.39. The monoisotopic (exact) mass is 207 g/mol. The zero-order valence-corrected chi connectivity index (χ0v) is 9.95. The standard InChI is InChI=1S/C13H21NO/c1-13(2,3)9-14-8-7-10-11(14)5-4-6-12(10)15/h7-8,12,15H,4-6,9H2,1-3H3. The van der Waals surface area contributed by atoms with Crippen LogP contribution in [0.15, 0.2) is 12.3 Å². The molecule has 1 aliphatic carbocycles. The van der Waals surface area contributed by atoms with Crippen LogP contribution in [0.2, 0.25) is 0 Å². The first-order chi connectivity index (χ1) is 6.97. The van der Waals surface area contributed by atoms with Crippen molar-refractivity contribution in [1.82, 2.24) is 4.57 Å². The SMILES string of the molecule is CC(C)(C)Cn1ccc2c1CCCC2O. The third kappa shape index (κ3) is 2.25. The van der Waals surface area contributed by atoms with Crippen molar-refractivity contribution >= 4 is 0 Å². The Labute approximate surface area is 91.9 Å². The molecule has 0 bridgehead atoms. The lowest BCUT2D eigenvalue weighted by atomic mass is 9.93. The van der Waals surface area contributed by atoms with Gasteiger partial charge in [0.1, 0.15) is 0 Å². The van der Waals surface area contributed by atoms with Crippen molar-refractivity contribution in [2.75, 3.05) is 0 Å². The topological polar surface area (TPSA) is 25.2 Å². The lowest BCUT2D eigenvalue weighted by Crippen LogP contribution is -2.19. The predicted molar refractivity (Wildman–Crippen MR) is 61.8 cm³/mol. The first-order valence-corrected chi connectivity index (χ1v) is 5.83. The van der Waals surface area contributed by atoms with Gasteiger partial charge in [0.2, 0.25) is 0 Å². The van der Waals surface area contributed by atoms with E-state index in [1.54, 1.807) is 0 Å². The number of aliphatic hydroxyl groups excluding tert-OH is 1. The molecule has 0 amide bonds. The molecule has 0 saturated carbocycles. The number of rotatable bonds is 1. The molecule has 1 aromatic heterocycles. The summed E-state index contributed by atoms with van der Waals surface area (Å²) in [5, 5.41) is 9.86. The van der Waals surface area contributed by atoms with Crippen molar-refractivity contribution in [2.45, 2.75) is 52.7 Å². The number of hydrogen-bond donors (Lipinski definition) is 1. The van der Waals surface area contributed by atoms with Crippen molar-refractivity contribution < 1.29 is 5.11 Å². The maximum Gasteiger partial charge on any atom is 0.0807 e. The highest BCUT2D eigenvalue weighted by molar-refractivity contribution is 5.27. The molecule has 0 radical (unpaired) electrons. The van der Waals surface area contributed by atoms with E-state index in [0.29, 0.717) is 5.41 Å². The summed E-state index contributed by atoms with van der Waals surface area (Å²) in [7, 11) is 0. The predicted octanol–water partition coefficient (Wildman–Crippen LogP) is 2.90. The van der Waals surface area contributed by atoms with Gasteiger partial charge in [-0.2, -0.15) is 0 Å². The van der Waals surface area contributed by atoms with Crippen LogP contribution < -0.4 is 0 Å². The smallest absolute Gasteiger partial charge is 0.0807 e. The minimum atomic E-state index is -0.227. The molecule has 2 heteroatoms. The van der Waals surface area contributed by atoms with Crippen LogP contribution in [0.3, 0.4) is 0 Å². The minimum Gasteiger partial charge on any atom is -0.388 e. The van der Waals surface area contributed by atoms with Crippen molar-refractivity contribution in [3.05, 3.63) is 23.5 Å². The largest absolute Gasteiger partial charge is 0.388 e. The van der Waals surface area contributed by atoms with Gasteiger partial charge in [-0.15, -0.1) is 0 Å². The van der Waals surface area contributed by atoms with Crippen molar-refractivity contribution in [3.8, 4) is 0 Å². The van der Waals surface area contributed by atoms with E-state index in [9.17, 15) is 5.11 Å². The second-order valence-corrected chi connectivity index (χ2v) is 5.81. The molecule has 84 valence electrons. The molecule has 0 fully saturated rings. The average molecular weight is 207 g/mol. The third-order valence-corrected chi connectivity index (χ3v) is 3.01. The number of fused-ring (bicyclic) bond motifs is 1. The summed E-state index contributed by atoms with van der Waals surface area (Å²) in [6.07, 6.45) is 5.06. The number of nitrogens with zero attached hydrogens (tertiary/aromatic N) is 1. The Balaban J connectivity index is 2.27. The summed E-state index contributed by atoms with van der Waals surface area (Å²) < 4.78 is 2.32. The summed E-state index contributed by atoms with van der Waals surface area (Å²) >= 11 is 0. The van der Waals surface area contributed by atoms with Crippen LogP contribution in [-0.4, -0.2) is 9.67 Å². The van der Waals surface area contributed by atoms with Gasteiger partial charge in [-0.05, 0) is 30.7 Å². The van der Waals surface area contributed by atoms with Gasteiger partial charge in [-0.1, -0.05) is 20.8 Å². The van der Waals surface area contributed by atoms with Crippen molar-refractivity contribution in [3.63, 3.8) is 0 Å². The van der Waals surface area contributed by atoms with Crippen LogP contribution in [0.1, 0.15) is 51.0 Å². The van der Waals surface area contributed by atoms with E-state index in [1.165, 1.54) is 5.69 Å². The van der Waals surface area contributed by atoms with E-state index < -0.39 is 0 Å². The van der Waals surface area contributed by atoms with Gasteiger partial charge >= 0.3 is 0 Å². The molecular formula is C13H21NO. The molecule has 1 aromatic rings. The molecule has 0 spiro atoms. The maximum absolute atomic E-state index is 9.86. The van der Waals surface area contributed by atoms with Gasteiger partial charge in [-0.25, -0.2) is 0 Å².